The second-order valence-corrected chi connectivity index (χ2v) is 10.5. The minimum Gasteiger partial charge on any atom is -0.454 e. The Kier molecular flexibility index (Phi) is 6.56. The van der Waals surface area contributed by atoms with Gasteiger partial charge < -0.3 is 14.4 Å². The van der Waals surface area contributed by atoms with Crippen molar-refractivity contribution >= 4 is 40.5 Å². The van der Waals surface area contributed by atoms with Crippen LogP contribution >= 0.6 is 11.8 Å². The lowest BCUT2D eigenvalue weighted by molar-refractivity contribution is -0.131. The van der Waals surface area contributed by atoms with Crippen LogP contribution in [0, 0.1) is 18.8 Å². The Bertz CT molecular complexity index is 1200. The number of aryl methyl sites for hydroxylation is 1. The van der Waals surface area contributed by atoms with Crippen molar-refractivity contribution in [1.29, 1.82) is 0 Å². The highest BCUT2D eigenvalue weighted by molar-refractivity contribution is 8.14. The number of amidine groups is 1. The number of aliphatic imine (C=N–C) groups is 1. The van der Waals surface area contributed by atoms with Crippen LogP contribution in [0.2, 0.25) is 0 Å². The van der Waals surface area contributed by atoms with Gasteiger partial charge in [0, 0.05) is 13.1 Å². The molecule has 8 heteroatoms. The summed E-state index contributed by atoms with van der Waals surface area (Å²) in [6.07, 6.45) is 2.89. The Morgan fingerprint density at radius 1 is 1.09 bits per heavy atom. The predicted octanol–water partition coefficient (Wildman–Crippen LogP) is 4.71. The molecule has 1 saturated heterocycles. The first-order chi connectivity index (χ1) is 16.9. The molecule has 2 aromatic carbocycles. The number of piperidine rings is 1. The predicted molar refractivity (Wildman–Crippen MR) is 139 cm³/mol. The lowest BCUT2D eigenvalue weighted by Crippen LogP contribution is -2.43. The van der Waals surface area contributed by atoms with Crippen molar-refractivity contribution in [2.75, 3.05) is 30.5 Å². The summed E-state index contributed by atoms with van der Waals surface area (Å²) >= 11 is 1.31. The molecule has 0 aliphatic carbocycles. The lowest BCUT2D eigenvalue weighted by atomic mass is 9.92. The number of carbonyl (C=O) groups is 2. The average Bonchev–Trinajstić information content (AvgIpc) is 3.41. The highest BCUT2D eigenvalue weighted by Crippen LogP contribution is 2.35. The maximum atomic E-state index is 13.5. The summed E-state index contributed by atoms with van der Waals surface area (Å²) in [6.45, 7) is 8.14. The molecule has 2 unspecified atom stereocenters. The van der Waals surface area contributed by atoms with E-state index in [1.807, 2.05) is 54.3 Å². The third kappa shape index (κ3) is 5.07. The molecule has 2 aromatic rings. The van der Waals surface area contributed by atoms with E-state index in [4.69, 9.17) is 9.47 Å². The van der Waals surface area contributed by atoms with E-state index >= 15 is 0 Å². The zero-order valence-electron chi connectivity index (χ0n) is 20.2. The Labute approximate surface area is 209 Å². The Morgan fingerprint density at radius 2 is 1.80 bits per heavy atom. The number of hydrogen-bond donors (Lipinski definition) is 0. The SMILES string of the molecule is Cc1ccc(N2C(=O)/C(=C/c3ccc4c(c3)OCO4)N=C2SCC(=O)N2CC(C)CC(C)C2)cc1. The molecule has 2 atom stereocenters. The van der Waals surface area contributed by atoms with Crippen LogP contribution in [0.1, 0.15) is 31.4 Å². The van der Waals surface area contributed by atoms with E-state index in [-0.39, 0.29) is 24.4 Å². The summed E-state index contributed by atoms with van der Waals surface area (Å²) in [7, 11) is 0. The van der Waals surface area contributed by atoms with Gasteiger partial charge in [0.05, 0.1) is 11.4 Å². The molecule has 3 heterocycles. The molecular weight excluding hydrogens is 462 g/mol. The van der Waals surface area contributed by atoms with Crippen LogP contribution in [0.4, 0.5) is 5.69 Å². The summed E-state index contributed by atoms with van der Waals surface area (Å²) in [4.78, 5) is 34.7. The zero-order chi connectivity index (χ0) is 24.5. The Balaban J connectivity index is 1.39. The number of thioether (sulfide) groups is 1. The minimum absolute atomic E-state index is 0.0839. The molecule has 182 valence electrons. The molecule has 1 fully saturated rings. The fraction of sp³-hybridized carbons (Fsp3) is 0.370. The molecule has 0 bridgehead atoms. The van der Waals surface area contributed by atoms with Crippen LogP contribution in [0.5, 0.6) is 11.5 Å². The van der Waals surface area contributed by atoms with Gasteiger partial charge in [-0.05, 0) is 61.1 Å². The van der Waals surface area contributed by atoms with Gasteiger partial charge in [-0.15, -0.1) is 0 Å². The summed E-state index contributed by atoms with van der Waals surface area (Å²) < 4.78 is 10.8. The summed E-state index contributed by atoms with van der Waals surface area (Å²) in [6, 6.07) is 13.3. The summed E-state index contributed by atoms with van der Waals surface area (Å²) in [5.74, 6) is 2.44. The third-order valence-electron chi connectivity index (χ3n) is 6.37. The first kappa shape index (κ1) is 23.5. The number of nitrogens with zero attached hydrogens (tertiary/aromatic N) is 3. The molecule has 3 aliphatic rings. The van der Waals surface area contributed by atoms with Gasteiger partial charge in [-0.3, -0.25) is 14.5 Å². The number of likely N-dealkylation sites (tertiary alicyclic amines) is 1. The first-order valence-corrected chi connectivity index (χ1v) is 12.9. The van der Waals surface area contributed by atoms with Crippen molar-refractivity contribution in [3.05, 3.63) is 59.3 Å². The second kappa shape index (κ2) is 9.77. The van der Waals surface area contributed by atoms with Gasteiger partial charge in [-0.2, -0.15) is 0 Å². The van der Waals surface area contributed by atoms with Crippen molar-refractivity contribution in [2.45, 2.75) is 27.2 Å². The summed E-state index contributed by atoms with van der Waals surface area (Å²) in [5, 5.41) is 0.511. The normalized spacial score (nSPS) is 22.7. The van der Waals surface area contributed by atoms with Gasteiger partial charge in [-0.1, -0.05) is 49.4 Å². The fourth-order valence-corrected chi connectivity index (χ4v) is 5.68. The highest BCUT2D eigenvalue weighted by atomic mass is 32.2. The number of hydrogen-bond acceptors (Lipinski definition) is 6. The van der Waals surface area contributed by atoms with E-state index in [2.05, 4.69) is 18.8 Å². The van der Waals surface area contributed by atoms with E-state index in [9.17, 15) is 9.59 Å². The summed E-state index contributed by atoms with van der Waals surface area (Å²) in [5.41, 5.74) is 2.95. The number of carbonyl (C=O) groups excluding carboxylic acids is 2. The fourth-order valence-electron chi connectivity index (χ4n) is 4.76. The average molecular weight is 492 g/mol. The van der Waals surface area contributed by atoms with Crippen LogP contribution in [0.15, 0.2) is 53.2 Å². The number of anilines is 1. The molecule has 3 aliphatic heterocycles. The van der Waals surface area contributed by atoms with Crippen LogP contribution in [0.3, 0.4) is 0 Å². The molecule has 7 nitrogen and oxygen atoms in total. The highest BCUT2D eigenvalue weighted by Gasteiger charge is 2.33. The quantitative estimate of drug-likeness (QED) is 0.580. The van der Waals surface area contributed by atoms with Crippen molar-refractivity contribution in [3.8, 4) is 11.5 Å². The van der Waals surface area contributed by atoms with E-state index < -0.39 is 0 Å². The standard InChI is InChI=1S/C27H29N3O4S/c1-17-4-7-21(8-5-17)30-26(32)22(11-20-6-9-23-24(12-20)34-16-33-23)28-27(30)35-15-25(31)29-13-18(2)10-19(3)14-29/h4-9,11-12,18-19H,10,13-16H2,1-3H3/b22-11-. The number of amides is 2. The largest absolute Gasteiger partial charge is 0.454 e. The molecule has 0 aromatic heterocycles. The first-order valence-electron chi connectivity index (χ1n) is 11.9. The smallest absolute Gasteiger partial charge is 0.283 e. The van der Waals surface area contributed by atoms with E-state index in [1.165, 1.54) is 11.8 Å². The molecule has 0 spiro atoms. The lowest BCUT2D eigenvalue weighted by Gasteiger charge is -2.35. The maximum Gasteiger partial charge on any atom is 0.283 e. The molecule has 5 rings (SSSR count). The zero-order valence-corrected chi connectivity index (χ0v) is 21.0. The number of fused-ring (bicyclic) bond motifs is 1. The van der Waals surface area contributed by atoms with Crippen molar-refractivity contribution < 1.29 is 19.1 Å². The topological polar surface area (TPSA) is 71.4 Å². The van der Waals surface area contributed by atoms with Crippen molar-refractivity contribution in [3.63, 3.8) is 0 Å². The molecule has 0 N–H and O–H groups in total. The molecule has 35 heavy (non-hydrogen) atoms. The van der Waals surface area contributed by atoms with Crippen LogP contribution < -0.4 is 14.4 Å². The monoisotopic (exact) mass is 491 g/mol. The Hall–Kier alpha value is -3.26. The Morgan fingerprint density at radius 3 is 2.54 bits per heavy atom. The molecule has 0 radical (unpaired) electrons. The maximum absolute atomic E-state index is 13.5. The van der Waals surface area contributed by atoms with Gasteiger partial charge in [0.15, 0.2) is 16.7 Å². The van der Waals surface area contributed by atoms with Gasteiger partial charge >= 0.3 is 0 Å². The third-order valence-corrected chi connectivity index (χ3v) is 7.29. The molecular formula is C27H29N3O4S. The van der Waals surface area contributed by atoms with Crippen molar-refractivity contribution in [1.82, 2.24) is 4.90 Å². The number of rotatable bonds is 4. The number of ether oxygens (including phenoxy) is 2. The van der Waals surface area contributed by atoms with Crippen LogP contribution in [-0.4, -0.2) is 47.5 Å². The molecule has 2 amide bonds. The van der Waals surface area contributed by atoms with Crippen molar-refractivity contribution in [2.24, 2.45) is 16.8 Å². The minimum atomic E-state index is -0.221. The van der Waals surface area contributed by atoms with Crippen LogP contribution in [0.25, 0.3) is 6.08 Å². The van der Waals surface area contributed by atoms with Gasteiger partial charge in [0.25, 0.3) is 5.91 Å². The van der Waals surface area contributed by atoms with E-state index in [0.29, 0.717) is 34.2 Å². The second-order valence-electron chi connectivity index (χ2n) is 9.55. The van der Waals surface area contributed by atoms with Gasteiger partial charge in [0.1, 0.15) is 5.70 Å². The van der Waals surface area contributed by atoms with Crippen LogP contribution in [-0.2, 0) is 9.59 Å². The van der Waals surface area contributed by atoms with E-state index in [0.717, 1.165) is 36.3 Å². The molecule has 0 saturated carbocycles. The van der Waals surface area contributed by atoms with Gasteiger partial charge in [-0.25, -0.2) is 4.99 Å². The number of benzene rings is 2. The van der Waals surface area contributed by atoms with Gasteiger partial charge in [0.2, 0.25) is 12.7 Å². The van der Waals surface area contributed by atoms with E-state index in [1.54, 1.807) is 11.0 Å².